The van der Waals surface area contributed by atoms with E-state index in [1.807, 2.05) is 0 Å². The molecule has 53 heavy (non-hydrogen) atoms. The zero-order valence-corrected chi connectivity index (χ0v) is 31.1. The van der Waals surface area contributed by atoms with Gasteiger partial charge in [0.2, 0.25) is 0 Å². The van der Waals surface area contributed by atoms with Crippen LogP contribution in [0.25, 0.3) is 0 Å². The van der Waals surface area contributed by atoms with E-state index in [0.717, 1.165) is 19.6 Å². The highest BCUT2D eigenvalue weighted by Gasteiger charge is 2.21. The van der Waals surface area contributed by atoms with Gasteiger partial charge in [-0.25, -0.2) is 0 Å². The Hall–Kier alpha value is -5.62. The van der Waals surface area contributed by atoms with Crippen LogP contribution in [0.5, 0.6) is 0 Å². The summed E-state index contributed by atoms with van der Waals surface area (Å²) in [5.74, 6) is -1.97. The van der Waals surface area contributed by atoms with Crippen LogP contribution in [0.2, 0.25) is 5.02 Å². The summed E-state index contributed by atoms with van der Waals surface area (Å²) in [6.45, 7) is 4.27. The van der Waals surface area contributed by atoms with E-state index in [0.29, 0.717) is 58.1 Å². The van der Waals surface area contributed by atoms with Gasteiger partial charge >= 0.3 is 0 Å². The average molecular weight is 763 g/mol. The first kappa shape index (κ1) is 37.1. The number of halogens is 1. The van der Waals surface area contributed by atoms with E-state index >= 15 is 0 Å². The van der Waals surface area contributed by atoms with Gasteiger partial charge in [-0.1, -0.05) is 11.6 Å². The van der Waals surface area contributed by atoms with E-state index < -0.39 is 17.7 Å². The molecule has 0 radical (unpaired) electrons. The standard InChI is InChI=1S/C35H39ClN10O6S/c1-42-17-21(13-26(42)31(47)37-6-7-46-8-10-52-11-9-46)38-32(48)27-14-22(18-43(27)2)39-33(49)28-15-23(19-44(28)3)40-34(50)29-16-24(20-45(29)4)41-35(51)30-25(36)5-12-53-30/h5,12-20H,6-11H2,1-4H3,(H,37,47)(H,38,48)(H,39,49)(H,40,50)(H,41,51). The highest BCUT2D eigenvalue weighted by molar-refractivity contribution is 7.12. The normalized spacial score (nSPS) is 13.1. The van der Waals surface area contributed by atoms with Crippen molar-refractivity contribution >= 4 is 75.2 Å². The number of carbonyl (C=O) groups excluding carboxylic acids is 5. The average Bonchev–Trinajstić information content (AvgIpc) is 3.94. The van der Waals surface area contributed by atoms with Gasteiger partial charge in [0.1, 0.15) is 27.7 Å². The molecule has 278 valence electrons. The third-order valence-corrected chi connectivity index (χ3v) is 9.96. The van der Waals surface area contributed by atoms with Gasteiger partial charge in [-0.2, -0.15) is 0 Å². The number of thiophene rings is 1. The van der Waals surface area contributed by atoms with Gasteiger partial charge in [0.15, 0.2) is 0 Å². The summed E-state index contributed by atoms with van der Waals surface area (Å²) >= 11 is 7.28. The summed E-state index contributed by atoms with van der Waals surface area (Å²) < 4.78 is 11.7. The Morgan fingerprint density at radius 3 is 1.43 bits per heavy atom. The van der Waals surface area contributed by atoms with Crippen molar-refractivity contribution in [3.63, 3.8) is 0 Å². The zero-order valence-electron chi connectivity index (χ0n) is 29.5. The SMILES string of the molecule is Cn1cc(NC(=O)c2cc(NC(=O)c3cc(NC(=O)c4cc(NC(=O)c5sccc5Cl)cn4C)cn3C)cn2C)cc1C(=O)NCCN1CCOCC1. The quantitative estimate of drug-likeness (QED) is 0.128. The molecule has 1 aliphatic heterocycles. The van der Waals surface area contributed by atoms with Crippen molar-refractivity contribution in [3.8, 4) is 0 Å². The molecule has 5 aromatic rings. The summed E-state index contributed by atoms with van der Waals surface area (Å²) in [6.07, 6.45) is 6.47. The van der Waals surface area contributed by atoms with Gasteiger partial charge < -0.3 is 49.6 Å². The first-order chi connectivity index (χ1) is 25.4. The second-order valence-corrected chi connectivity index (χ2v) is 13.8. The van der Waals surface area contributed by atoms with Crippen LogP contribution in [0.1, 0.15) is 51.6 Å². The first-order valence-electron chi connectivity index (χ1n) is 16.6. The fraction of sp³-hybridized carbons (Fsp3) is 0.286. The van der Waals surface area contributed by atoms with Crippen molar-refractivity contribution in [1.29, 1.82) is 0 Å². The van der Waals surface area contributed by atoms with Gasteiger partial charge in [-0.15, -0.1) is 11.3 Å². The number of carbonyl (C=O) groups is 5. The van der Waals surface area contributed by atoms with Crippen LogP contribution in [-0.4, -0.2) is 92.1 Å². The highest BCUT2D eigenvalue weighted by atomic mass is 35.5. The Bertz CT molecular complexity index is 2190. The lowest BCUT2D eigenvalue weighted by Crippen LogP contribution is -2.41. The minimum atomic E-state index is -0.464. The van der Waals surface area contributed by atoms with Crippen molar-refractivity contribution in [2.75, 3.05) is 60.7 Å². The lowest BCUT2D eigenvalue weighted by atomic mass is 10.3. The number of ether oxygens (including phenoxy) is 1. The van der Waals surface area contributed by atoms with Crippen LogP contribution in [0, 0.1) is 0 Å². The second-order valence-electron chi connectivity index (χ2n) is 12.5. The third-order valence-electron chi connectivity index (χ3n) is 8.62. The molecular formula is C35H39ClN10O6S. The Balaban J connectivity index is 1.03. The number of rotatable bonds is 12. The minimum absolute atomic E-state index is 0.246. The van der Waals surface area contributed by atoms with Gasteiger partial charge in [0.25, 0.3) is 29.5 Å². The highest BCUT2D eigenvalue weighted by Crippen LogP contribution is 2.25. The van der Waals surface area contributed by atoms with E-state index in [1.54, 1.807) is 94.8 Å². The second kappa shape index (κ2) is 16.0. The molecule has 0 saturated carbocycles. The summed E-state index contributed by atoms with van der Waals surface area (Å²) in [6, 6.07) is 7.85. The lowest BCUT2D eigenvalue weighted by molar-refractivity contribution is 0.0383. The molecule has 6 rings (SSSR count). The summed E-state index contributed by atoms with van der Waals surface area (Å²) in [5, 5.41) is 16.1. The van der Waals surface area contributed by atoms with Crippen molar-refractivity contribution in [3.05, 3.63) is 93.2 Å². The van der Waals surface area contributed by atoms with Crippen molar-refractivity contribution in [1.82, 2.24) is 28.5 Å². The summed E-state index contributed by atoms with van der Waals surface area (Å²) in [7, 11) is 6.74. The molecule has 0 spiro atoms. The number of amides is 5. The molecule has 0 unspecified atom stereocenters. The number of nitrogens with one attached hydrogen (secondary N) is 5. The summed E-state index contributed by atoms with van der Waals surface area (Å²) in [5.41, 5.74) is 2.82. The van der Waals surface area contributed by atoms with Crippen LogP contribution in [0.3, 0.4) is 0 Å². The fourth-order valence-corrected chi connectivity index (χ4v) is 6.94. The predicted molar refractivity (Wildman–Crippen MR) is 202 cm³/mol. The van der Waals surface area contributed by atoms with E-state index in [9.17, 15) is 24.0 Å². The molecule has 16 nitrogen and oxygen atoms in total. The van der Waals surface area contributed by atoms with Gasteiger partial charge in [-0.05, 0) is 35.7 Å². The Morgan fingerprint density at radius 1 is 0.642 bits per heavy atom. The van der Waals surface area contributed by atoms with E-state index in [4.69, 9.17) is 16.3 Å². The number of hydrogen-bond acceptors (Lipinski definition) is 8. The number of aryl methyl sites for hydroxylation is 4. The lowest BCUT2D eigenvalue weighted by Gasteiger charge is -2.26. The van der Waals surface area contributed by atoms with E-state index in [2.05, 4.69) is 31.5 Å². The zero-order chi connectivity index (χ0) is 37.8. The monoisotopic (exact) mass is 762 g/mol. The largest absolute Gasteiger partial charge is 0.379 e. The maximum absolute atomic E-state index is 13.3. The van der Waals surface area contributed by atoms with Crippen molar-refractivity contribution < 1.29 is 28.7 Å². The van der Waals surface area contributed by atoms with Gasteiger partial charge in [0, 0.05) is 79.2 Å². The molecule has 5 amide bonds. The molecule has 0 atom stereocenters. The molecule has 5 N–H and O–H groups in total. The maximum atomic E-state index is 13.3. The van der Waals surface area contributed by atoms with Crippen LogP contribution < -0.4 is 26.6 Å². The maximum Gasteiger partial charge on any atom is 0.272 e. The van der Waals surface area contributed by atoms with E-state index in [1.165, 1.54) is 23.5 Å². The molecule has 1 saturated heterocycles. The van der Waals surface area contributed by atoms with Crippen molar-refractivity contribution in [2.45, 2.75) is 0 Å². The topological polar surface area (TPSA) is 178 Å². The summed E-state index contributed by atoms with van der Waals surface area (Å²) in [4.78, 5) is 67.6. The van der Waals surface area contributed by atoms with Crippen LogP contribution in [0.4, 0.5) is 22.7 Å². The van der Waals surface area contributed by atoms with Crippen LogP contribution >= 0.6 is 22.9 Å². The first-order valence-corrected chi connectivity index (χ1v) is 17.8. The number of nitrogens with zero attached hydrogens (tertiary/aromatic N) is 5. The van der Waals surface area contributed by atoms with E-state index in [-0.39, 0.29) is 28.9 Å². The van der Waals surface area contributed by atoms with Crippen LogP contribution in [-0.2, 0) is 32.9 Å². The molecular weight excluding hydrogens is 724 g/mol. The number of anilines is 4. The Kier molecular flexibility index (Phi) is 11.2. The Morgan fingerprint density at radius 2 is 1.04 bits per heavy atom. The third kappa shape index (κ3) is 8.72. The minimum Gasteiger partial charge on any atom is -0.379 e. The van der Waals surface area contributed by atoms with Gasteiger partial charge in [-0.3, -0.25) is 28.9 Å². The number of aromatic nitrogens is 4. The van der Waals surface area contributed by atoms with Crippen LogP contribution in [0.15, 0.2) is 60.5 Å². The molecule has 0 bridgehead atoms. The van der Waals surface area contributed by atoms with Gasteiger partial charge in [0.05, 0.1) is 41.0 Å². The predicted octanol–water partition coefficient (Wildman–Crippen LogP) is 3.83. The molecule has 6 heterocycles. The molecule has 18 heteroatoms. The smallest absolute Gasteiger partial charge is 0.272 e. The molecule has 5 aromatic heterocycles. The number of hydrogen-bond donors (Lipinski definition) is 5. The van der Waals surface area contributed by atoms with Crippen molar-refractivity contribution in [2.24, 2.45) is 28.2 Å². The molecule has 1 fully saturated rings. The molecule has 0 aromatic carbocycles. The Labute approximate surface area is 313 Å². The molecule has 1 aliphatic rings. The molecule has 0 aliphatic carbocycles. The number of morpholine rings is 1. The fourth-order valence-electron chi connectivity index (χ4n) is 5.91.